The number of urea groups is 1. The van der Waals surface area contributed by atoms with Gasteiger partial charge in [-0.25, -0.2) is 4.79 Å². The SMILES string of the molecule is CC(O)CCN(C)C(=O)NC1CC=CC1. The van der Waals surface area contributed by atoms with Crippen LogP contribution in [0.2, 0.25) is 0 Å². The molecule has 0 aromatic rings. The fraction of sp³-hybridized carbons (Fsp3) is 0.727. The van der Waals surface area contributed by atoms with E-state index in [4.69, 9.17) is 5.11 Å². The van der Waals surface area contributed by atoms with Gasteiger partial charge in [0.2, 0.25) is 0 Å². The molecule has 15 heavy (non-hydrogen) atoms. The third kappa shape index (κ3) is 4.34. The zero-order chi connectivity index (χ0) is 11.3. The second kappa shape index (κ2) is 5.75. The van der Waals surface area contributed by atoms with Gasteiger partial charge >= 0.3 is 6.03 Å². The molecule has 1 rings (SSSR count). The first-order valence-electron chi connectivity index (χ1n) is 5.44. The first-order valence-corrected chi connectivity index (χ1v) is 5.44. The second-order valence-electron chi connectivity index (χ2n) is 4.15. The van der Waals surface area contributed by atoms with Crippen LogP contribution in [0, 0.1) is 0 Å². The van der Waals surface area contributed by atoms with Gasteiger partial charge in [-0.2, -0.15) is 0 Å². The Hall–Kier alpha value is -1.03. The number of nitrogens with zero attached hydrogens (tertiary/aromatic N) is 1. The van der Waals surface area contributed by atoms with Crippen LogP contribution >= 0.6 is 0 Å². The third-order valence-electron chi connectivity index (χ3n) is 2.56. The van der Waals surface area contributed by atoms with Crippen molar-refractivity contribution >= 4 is 6.03 Å². The molecular formula is C11H20N2O2. The molecule has 1 unspecified atom stereocenters. The van der Waals surface area contributed by atoms with Crippen molar-refractivity contribution in [3.63, 3.8) is 0 Å². The minimum Gasteiger partial charge on any atom is -0.393 e. The highest BCUT2D eigenvalue weighted by Gasteiger charge is 2.15. The fourth-order valence-electron chi connectivity index (χ4n) is 1.50. The Morgan fingerprint density at radius 2 is 2.20 bits per heavy atom. The maximum atomic E-state index is 11.6. The van der Waals surface area contributed by atoms with Crippen LogP contribution in [0.25, 0.3) is 0 Å². The molecule has 0 radical (unpaired) electrons. The highest BCUT2D eigenvalue weighted by Crippen LogP contribution is 2.09. The molecule has 0 aliphatic heterocycles. The predicted octanol–water partition coefficient (Wildman–Crippen LogP) is 1.12. The molecule has 4 nitrogen and oxygen atoms in total. The lowest BCUT2D eigenvalue weighted by Crippen LogP contribution is -2.42. The lowest BCUT2D eigenvalue weighted by atomic mass is 10.2. The minimum absolute atomic E-state index is 0.0515. The first-order chi connectivity index (χ1) is 7.09. The van der Waals surface area contributed by atoms with Crippen molar-refractivity contribution in [3.05, 3.63) is 12.2 Å². The number of hydrogen-bond acceptors (Lipinski definition) is 2. The van der Waals surface area contributed by atoms with E-state index in [0.717, 1.165) is 12.8 Å². The summed E-state index contributed by atoms with van der Waals surface area (Å²) in [5.41, 5.74) is 0. The maximum absolute atomic E-state index is 11.6. The van der Waals surface area contributed by atoms with Crippen molar-refractivity contribution in [2.75, 3.05) is 13.6 Å². The summed E-state index contributed by atoms with van der Waals surface area (Å²) >= 11 is 0. The fourth-order valence-corrected chi connectivity index (χ4v) is 1.50. The number of aliphatic hydroxyl groups excluding tert-OH is 1. The molecule has 2 N–H and O–H groups in total. The van der Waals surface area contributed by atoms with E-state index in [2.05, 4.69) is 17.5 Å². The Labute approximate surface area is 91.0 Å². The summed E-state index contributed by atoms with van der Waals surface area (Å²) in [4.78, 5) is 13.2. The average molecular weight is 212 g/mol. The van der Waals surface area contributed by atoms with Crippen LogP contribution in [0.5, 0.6) is 0 Å². The van der Waals surface area contributed by atoms with Gasteiger partial charge in [0.15, 0.2) is 0 Å². The molecule has 0 saturated heterocycles. The molecular weight excluding hydrogens is 192 g/mol. The van der Waals surface area contributed by atoms with Gasteiger partial charge < -0.3 is 15.3 Å². The van der Waals surface area contributed by atoms with Crippen molar-refractivity contribution in [1.82, 2.24) is 10.2 Å². The van der Waals surface area contributed by atoms with E-state index >= 15 is 0 Å². The van der Waals surface area contributed by atoms with Crippen molar-refractivity contribution in [3.8, 4) is 0 Å². The molecule has 0 heterocycles. The molecule has 1 atom stereocenters. The predicted molar refractivity (Wildman–Crippen MR) is 59.6 cm³/mol. The molecule has 0 aromatic carbocycles. The number of carbonyl (C=O) groups excluding carboxylic acids is 1. The van der Waals surface area contributed by atoms with Gasteiger partial charge in [0, 0.05) is 19.6 Å². The minimum atomic E-state index is -0.353. The second-order valence-corrected chi connectivity index (χ2v) is 4.15. The van der Waals surface area contributed by atoms with Gasteiger partial charge in [-0.3, -0.25) is 0 Å². The summed E-state index contributed by atoms with van der Waals surface area (Å²) in [5.74, 6) is 0. The van der Waals surface area contributed by atoms with Crippen LogP contribution in [0.15, 0.2) is 12.2 Å². The van der Waals surface area contributed by atoms with Gasteiger partial charge in [0.1, 0.15) is 0 Å². The largest absolute Gasteiger partial charge is 0.393 e. The van der Waals surface area contributed by atoms with Crippen LogP contribution in [0.4, 0.5) is 4.79 Å². The van der Waals surface area contributed by atoms with E-state index in [9.17, 15) is 4.79 Å². The van der Waals surface area contributed by atoms with Crippen molar-refractivity contribution < 1.29 is 9.90 Å². The summed E-state index contributed by atoms with van der Waals surface area (Å²) in [6, 6.07) is 0.204. The highest BCUT2D eigenvalue weighted by atomic mass is 16.3. The molecule has 2 amide bonds. The first kappa shape index (κ1) is 12.0. The molecule has 1 aliphatic carbocycles. The van der Waals surface area contributed by atoms with Gasteiger partial charge in [0.25, 0.3) is 0 Å². The van der Waals surface area contributed by atoms with Crippen molar-refractivity contribution in [1.29, 1.82) is 0 Å². The normalized spacial score (nSPS) is 17.8. The molecule has 0 bridgehead atoms. The maximum Gasteiger partial charge on any atom is 0.317 e. The van der Waals surface area contributed by atoms with Crippen molar-refractivity contribution in [2.45, 2.75) is 38.3 Å². The third-order valence-corrected chi connectivity index (χ3v) is 2.56. The summed E-state index contributed by atoms with van der Waals surface area (Å²) in [5, 5.41) is 12.0. The van der Waals surface area contributed by atoms with Crippen molar-refractivity contribution in [2.24, 2.45) is 0 Å². The number of nitrogens with one attached hydrogen (secondary N) is 1. The molecule has 1 aliphatic rings. The van der Waals surface area contributed by atoms with Gasteiger partial charge in [-0.05, 0) is 26.2 Å². The van der Waals surface area contributed by atoms with Gasteiger partial charge in [0.05, 0.1) is 6.10 Å². The van der Waals surface area contributed by atoms with E-state index < -0.39 is 0 Å². The van der Waals surface area contributed by atoms with E-state index in [1.54, 1.807) is 18.9 Å². The Morgan fingerprint density at radius 3 is 2.73 bits per heavy atom. The number of hydrogen-bond donors (Lipinski definition) is 2. The Kier molecular flexibility index (Phi) is 4.62. The standard InChI is InChI=1S/C11H20N2O2/c1-9(14)7-8-13(2)11(15)12-10-5-3-4-6-10/h3-4,9-10,14H,5-8H2,1-2H3,(H,12,15). The summed E-state index contributed by atoms with van der Waals surface area (Å²) in [6.45, 7) is 2.32. The lowest BCUT2D eigenvalue weighted by molar-refractivity contribution is 0.162. The average Bonchev–Trinajstić information content (AvgIpc) is 2.66. The van der Waals surface area contributed by atoms with Crippen LogP contribution < -0.4 is 5.32 Å². The summed E-state index contributed by atoms with van der Waals surface area (Å²) < 4.78 is 0. The zero-order valence-electron chi connectivity index (χ0n) is 9.44. The van der Waals surface area contributed by atoms with Gasteiger partial charge in [-0.15, -0.1) is 0 Å². The number of aliphatic hydroxyl groups is 1. The van der Waals surface area contributed by atoms with E-state index in [1.165, 1.54) is 0 Å². The van der Waals surface area contributed by atoms with Gasteiger partial charge in [-0.1, -0.05) is 12.2 Å². The lowest BCUT2D eigenvalue weighted by Gasteiger charge is -2.21. The summed E-state index contributed by atoms with van der Waals surface area (Å²) in [7, 11) is 1.75. The van der Waals surface area contributed by atoms with Crippen LogP contribution in [-0.2, 0) is 0 Å². The van der Waals surface area contributed by atoms with E-state index in [1.807, 2.05) is 0 Å². The van der Waals surface area contributed by atoms with Crippen LogP contribution in [0.3, 0.4) is 0 Å². The smallest absolute Gasteiger partial charge is 0.317 e. The van der Waals surface area contributed by atoms with Crippen LogP contribution in [0.1, 0.15) is 26.2 Å². The van der Waals surface area contributed by atoms with Crippen LogP contribution in [-0.4, -0.2) is 41.8 Å². The topological polar surface area (TPSA) is 52.6 Å². The molecule has 0 saturated carbocycles. The number of rotatable bonds is 4. The Balaban J connectivity index is 2.20. The molecule has 0 aromatic heterocycles. The summed E-state index contributed by atoms with van der Waals surface area (Å²) in [6.07, 6.45) is 6.29. The Bertz CT molecular complexity index is 231. The molecule has 0 spiro atoms. The Morgan fingerprint density at radius 1 is 1.60 bits per heavy atom. The number of amides is 2. The van der Waals surface area contributed by atoms with E-state index in [0.29, 0.717) is 13.0 Å². The highest BCUT2D eigenvalue weighted by molar-refractivity contribution is 5.74. The molecule has 4 heteroatoms. The zero-order valence-corrected chi connectivity index (χ0v) is 9.44. The molecule has 0 fully saturated rings. The monoisotopic (exact) mass is 212 g/mol. The van der Waals surface area contributed by atoms with E-state index in [-0.39, 0.29) is 18.2 Å². The molecule has 86 valence electrons. The number of carbonyl (C=O) groups is 1. The quantitative estimate of drug-likeness (QED) is 0.686.